The van der Waals surface area contributed by atoms with Crippen molar-refractivity contribution in [1.82, 2.24) is 14.4 Å². The molecule has 4 rings (SSSR count). The first kappa shape index (κ1) is 16.6. The van der Waals surface area contributed by atoms with Crippen LogP contribution < -0.4 is 0 Å². The number of esters is 1. The van der Waals surface area contributed by atoms with Gasteiger partial charge in [0.05, 0.1) is 7.11 Å². The smallest absolute Gasteiger partial charge is 0.325 e. The number of nitrogens with zero attached hydrogens (tertiary/aromatic N) is 3. The maximum absolute atomic E-state index is 11.7. The number of hydrogen-bond donors (Lipinski definition) is 0. The van der Waals surface area contributed by atoms with Gasteiger partial charge in [0.15, 0.2) is 0 Å². The van der Waals surface area contributed by atoms with Crippen molar-refractivity contribution < 1.29 is 9.53 Å². The molecule has 0 aliphatic carbocycles. The molecule has 0 N–H and O–H groups in total. The van der Waals surface area contributed by atoms with Crippen LogP contribution in [0.3, 0.4) is 0 Å². The largest absolute Gasteiger partial charge is 0.468 e. The molecule has 134 valence electrons. The highest BCUT2D eigenvalue weighted by atomic mass is 16.5. The fourth-order valence-electron chi connectivity index (χ4n) is 4.47. The van der Waals surface area contributed by atoms with Crippen LogP contribution in [0, 0.1) is 0 Å². The van der Waals surface area contributed by atoms with Gasteiger partial charge in [-0.15, -0.1) is 0 Å². The molecule has 2 atom stereocenters. The van der Waals surface area contributed by atoms with Crippen molar-refractivity contribution in [2.24, 2.45) is 0 Å². The van der Waals surface area contributed by atoms with Gasteiger partial charge in [-0.25, -0.2) is 0 Å². The van der Waals surface area contributed by atoms with Crippen molar-refractivity contribution in [2.45, 2.75) is 44.9 Å². The fourth-order valence-corrected chi connectivity index (χ4v) is 4.47. The van der Waals surface area contributed by atoms with E-state index in [9.17, 15) is 4.79 Å². The van der Waals surface area contributed by atoms with Gasteiger partial charge in [0.25, 0.3) is 0 Å². The molecule has 3 heterocycles. The number of benzene rings is 1. The normalized spacial score (nSPS) is 24.6. The lowest BCUT2D eigenvalue weighted by Gasteiger charge is -2.42. The number of hydrogen-bond acceptors (Lipinski definition) is 4. The van der Waals surface area contributed by atoms with Crippen LogP contribution in [0.25, 0.3) is 10.9 Å². The molecule has 0 radical (unpaired) electrons. The zero-order valence-electron chi connectivity index (χ0n) is 15.1. The molecule has 0 bridgehead atoms. The van der Waals surface area contributed by atoms with Gasteiger partial charge in [0.2, 0.25) is 0 Å². The standard InChI is InChI=1S/C20H27N3O2/c1-15-10-21-9-5-6-17(21)13-22(15)11-16-12-23(14-20(24)25-2)19-8-4-3-7-18(16)19/h3-4,7-8,12,15,17H,5-6,9-11,13-14H2,1-2H3/t15-,17-/m1/s1. The van der Waals surface area contributed by atoms with Crippen molar-refractivity contribution in [3.05, 3.63) is 36.0 Å². The third-order valence-corrected chi connectivity index (χ3v) is 5.84. The second-order valence-corrected chi connectivity index (χ2v) is 7.44. The molecule has 2 saturated heterocycles. The number of rotatable bonds is 4. The molecule has 0 saturated carbocycles. The number of piperazine rings is 1. The van der Waals surface area contributed by atoms with E-state index >= 15 is 0 Å². The average molecular weight is 341 g/mol. The Labute approximate surface area is 149 Å². The molecule has 2 aliphatic rings. The van der Waals surface area contributed by atoms with Gasteiger partial charge >= 0.3 is 5.97 Å². The number of para-hydroxylation sites is 1. The average Bonchev–Trinajstić information content (AvgIpc) is 3.20. The molecule has 5 heteroatoms. The summed E-state index contributed by atoms with van der Waals surface area (Å²) in [6, 6.07) is 9.64. The lowest BCUT2D eigenvalue weighted by Crippen LogP contribution is -2.54. The summed E-state index contributed by atoms with van der Waals surface area (Å²) in [6.07, 6.45) is 4.80. The van der Waals surface area contributed by atoms with E-state index in [1.807, 2.05) is 10.6 Å². The molecular formula is C20H27N3O2. The van der Waals surface area contributed by atoms with E-state index in [1.54, 1.807) is 0 Å². The van der Waals surface area contributed by atoms with Crippen molar-refractivity contribution in [3.8, 4) is 0 Å². The van der Waals surface area contributed by atoms with Crippen LogP contribution in [-0.2, 0) is 22.6 Å². The van der Waals surface area contributed by atoms with Crippen LogP contribution >= 0.6 is 0 Å². The molecule has 2 aliphatic heterocycles. The quantitative estimate of drug-likeness (QED) is 0.801. The van der Waals surface area contributed by atoms with Crippen LogP contribution in [0.2, 0.25) is 0 Å². The second-order valence-electron chi connectivity index (χ2n) is 7.44. The van der Waals surface area contributed by atoms with Crippen molar-refractivity contribution >= 4 is 16.9 Å². The highest BCUT2D eigenvalue weighted by Crippen LogP contribution is 2.28. The summed E-state index contributed by atoms with van der Waals surface area (Å²) < 4.78 is 6.87. The number of methoxy groups -OCH3 is 1. The predicted octanol–water partition coefficient (Wildman–Crippen LogP) is 2.48. The van der Waals surface area contributed by atoms with Gasteiger partial charge < -0.3 is 9.30 Å². The zero-order valence-corrected chi connectivity index (χ0v) is 15.1. The summed E-state index contributed by atoms with van der Waals surface area (Å²) >= 11 is 0. The molecule has 2 aromatic rings. The molecule has 0 amide bonds. The minimum atomic E-state index is -0.208. The van der Waals surface area contributed by atoms with Crippen molar-refractivity contribution in [3.63, 3.8) is 0 Å². The Morgan fingerprint density at radius 3 is 2.96 bits per heavy atom. The Bertz CT molecular complexity index is 769. The molecule has 0 spiro atoms. The fraction of sp³-hybridized carbons (Fsp3) is 0.550. The Morgan fingerprint density at radius 1 is 1.28 bits per heavy atom. The maximum Gasteiger partial charge on any atom is 0.325 e. The number of aromatic nitrogens is 1. The van der Waals surface area contributed by atoms with Crippen LogP contribution in [0.5, 0.6) is 0 Å². The highest BCUT2D eigenvalue weighted by Gasteiger charge is 2.34. The van der Waals surface area contributed by atoms with Gasteiger partial charge in [-0.05, 0) is 37.9 Å². The lowest BCUT2D eigenvalue weighted by molar-refractivity contribution is -0.141. The first-order valence-electron chi connectivity index (χ1n) is 9.27. The molecule has 0 unspecified atom stereocenters. The highest BCUT2D eigenvalue weighted by molar-refractivity contribution is 5.85. The first-order valence-corrected chi connectivity index (χ1v) is 9.27. The van der Waals surface area contributed by atoms with Crippen LogP contribution in [0.1, 0.15) is 25.3 Å². The van der Waals surface area contributed by atoms with E-state index in [-0.39, 0.29) is 12.5 Å². The SMILES string of the molecule is COC(=O)Cn1cc(CN2C[C@H]3CCCN3C[C@H]2C)c2ccccc21. The summed E-state index contributed by atoms with van der Waals surface area (Å²) in [6.45, 7) is 7.13. The Morgan fingerprint density at radius 2 is 2.12 bits per heavy atom. The first-order chi connectivity index (χ1) is 12.2. The van der Waals surface area contributed by atoms with Crippen molar-refractivity contribution in [1.29, 1.82) is 0 Å². The van der Waals surface area contributed by atoms with E-state index in [0.717, 1.165) is 24.6 Å². The minimum Gasteiger partial charge on any atom is -0.468 e. The Hall–Kier alpha value is -1.85. The summed E-state index contributed by atoms with van der Waals surface area (Å²) in [4.78, 5) is 17.0. The third-order valence-electron chi connectivity index (χ3n) is 5.84. The minimum absolute atomic E-state index is 0.208. The van der Waals surface area contributed by atoms with E-state index in [2.05, 4.69) is 41.1 Å². The molecule has 5 nitrogen and oxygen atoms in total. The predicted molar refractivity (Wildman–Crippen MR) is 98.4 cm³/mol. The van der Waals surface area contributed by atoms with Crippen LogP contribution in [0.15, 0.2) is 30.5 Å². The van der Waals surface area contributed by atoms with E-state index in [4.69, 9.17) is 4.74 Å². The third kappa shape index (κ3) is 3.18. The van der Waals surface area contributed by atoms with Gasteiger partial charge in [-0.2, -0.15) is 0 Å². The molecule has 2 fully saturated rings. The second kappa shape index (κ2) is 6.81. The van der Waals surface area contributed by atoms with E-state index < -0.39 is 0 Å². The Kier molecular flexibility index (Phi) is 4.52. The maximum atomic E-state index is 11.7. The summed E-state index contributed by atoms with van der Waals surface area (Å²) in [7, 11) is 1.44. The van der Waals surface area contributed by atoms with Crippen LogP contribution in [0.4, 0.5) is 0 Å². The van der Waals surface area contributed by atoms with E-state index in [1.165, 1.54) is 44.0 Å². The van der Waals surface area contributed by atoms with Gasteiger partial charge in [-0.1, -0.05) is 18.2 Å². The van der Waals surface area contributed by atoms with Gasteiger partial charge in [0.1, 0.15) is 6.54 Å². The lowest BCUT2D eigenvalue weighted by atomic mass is 10.1. The molecule has 25 heavy (non-hydrogen) atoms. The number of ether oxygens (including phenoxy) is 1. The van der Waals surface area contributed by atoms with Crippen molar-refractivity contribution in [2.75, 3.05) is 26.7 Å². The van der Waals surface area contributed by atoms with Gasteiger partial charge in [-0.3, -0.25) is 14.6 Å². The summed E-state index contributed by atoms with van der Waals surface area (Å²) in [5.74, 6) is -0.208. The topological polar surface area (TPSA) is 37.7 Å². The van der Waals surface area contributed by atoms with Crippen LogP contribution in [-0.4, -0.2) is 59.2 Å². The molecular weight excluding hydrogens is 314 g/mol. The monoisotopic (exact) mass is 341 g/mol. The number of carbonyl (C=O) groups excluding carboxylic acids is 1. The molecule has 1 aromatic carbocycles. The number of carbonyl (C=O) groups is 1. The van der Waals surface area contributed by atoms with E-state index in [0.29, 0.717) is 6.04 Å². The Balaban J connectivity index is 1.59. The molecule has 1 aromatic heterocycles. The number of fused-ring (bicyclic) bond motifs is 2. The summed E-state index contributed by atoms with van der Waals surface area (Å²) in [5.41, 5.74) is 2.41. The zero-order chi connectivity index (χ0) is 17.4. The summed E-state index contributed by atoms with van der Waals surface area (Å²) in [5, 5.41) is 1.24. The van der Waals surface area contributed by atoms with Gasteiger partial charge in [0, 0.05) is 48.8 Å².